The highest BCUT2D eigenvalue weighted by atomic mass is 35.5. The fourth-order valence-electron chi connectivity index (χ4n) is 1.90. The van der Waals surface area contributed by atoms with Gasteiger partial charge in [-0.1, -0.05) is 0 Å². The molecule has 1 heterocycles. The van der Waals surface area contributed by atoms with Crippen LogP contribution >= 0.6 is 12.4 Å². The molecule has 1 aromatic rings. The highest BCUT2D eigenvalue weighted by Gasteiger charge is 2.21. The van der Waals surface area contributed by atoms with Crippen molar-refractivity contribution in [2.45, 2.75) is 25.8 Å². The fraction of sp³-hybridized carbons (Fsp3) is 0.385. The number of halogens is 1. The van der Waals surface area contributed by atoms with Crippen LogP contribution in [0.25, 0.3) is 0 Å². The second-order valence-electron chi connectivity index (χ2n) is 4.47. The van der Waals surface area contributed by atoms with Gasteiger partial charge in [-0.2, -0.15) is 0 Å². The van der Waals surface area contributed by atoms with E-state index in [2.05, 4.69) is 5.32 Å². The van der Waals surface area contributed by atoms with Gasteiger partial charge < -0.3 is 16.0 Å². The number of hydrogen-bond donors (Lipinski definition) is 2. The first-order chi connectivity index (χ1) is 8.58. The molecule has 1 aliphatic rings. The first-order valence-electron chi connectivity index (χ1n) is 6.05. The molecule has 0 aliphatic carbocycles. The molecule has 1 fully saturated rings. The van der Waals surface area contributed by atoms with Gasteiger partial charge in [0.05, 0.1) is 6.04 Å². The molecule has 0 bridgehead atoms. The van der Waals surface area contributed by atoms with E-state index in [4.69, 9.17) is 5.73 Å². The molecule has 2 rings (SSSR count). The van der Waals surface area contributed by atoms with E-state index in [0.29, 0.717) is 12.1 Å². The molecule has 1 aliphatic heterocycles. The zero-order valence-corrected chi connectivity index (χ0v) is 11.6. The molecule has 0 aromatic heterocycles. The van der Waals surface area contributed by atoms with Gasteiger partial charge in [-0.15, -0.1) is 12.4 Å². The van der Waals surface area contributed by atoms with Gasteiger partial charge in [0.25, 0.3) is 0 Å². The van der Waals surface area contributed by atoms with Crippen molar-refractivity contribution >= 4 is 35.6 Å². The highest BCUT2D eigenvalue weighted by molar-refractivity contribution is 5.96. The lowest BCUT2D eigenvalue weighted by Gasteiger charge is -2.16. The molecule has 1 saturated heterocycles. The van der Waals surface area contributed by atoms with Crippen molar-refractivity contribution in [1.82, 2.24) is 0 Å². The van der Waals surface area contributed by atoms with Crippen molar-refractivity contribution in [3.05, 3.63) is 24.3 Å². The smallest absolute Gasteiger partial charge is 0.240 e. The molecule has 6 heteroatoms. The zero-order valence-electron chi connectivity index (χ0n) is 10.8. The summed E-state index contributed by atoms with van der Waals surface area (Å²) in [6.45, 7) is 2.40. The molecule has 0 radical (unpaired) electrons. The largest absolute Gasteiger partial charge is 0.325 e. The molecule has 0 saturated carbocycles. The monoisotopic (exact) mass is 283 g/mol. The minimum Gasteiger partial charge on any atom is -0.325 e. The van der Waals surface area contributed by atoms with Gasteiger partial charge in [0, 0.05) is 24.3 Å². The van der Waals surface area contributed by atoms with Crippen LogP contribution in [-0.4, -0.2) is 24.4 Å². The maximum absolute atomic E-state index is 11.6. The van der Waals surface area contributed by atoms with Crippen LogP contribution in [0.15, 0.2) is 24.3 Å². The summed E-state index contributed by atoms with van der Waals surface area (Å²) in [6.07, 6.45) is 1.52. The van der Waals surface area contributed by atoms with Crippen molar-refractivity contribution < 1.29 is 9.59 Å². The minimum atomic E-state index is -0.537. The topological polar surface area (TPSA) is 75.4 Å². The van der Waals surface area contributed by atoms with Crippen LogP contribution in [0.2, 0.25) is 0 Å². The normalized spacial score (nSPS) is 15.9. The summed E-state index contributed by atoms with van der Waals surface area (Å²) in [5, 5.41) is 2.70. The Morgan fingerprint density at radius 1 is 1.37 bits per heavy atom. The van der Waals surface area contributed by atoms with Crippen molar-refractivity contribution in [3.8, 4) is 0 Å². The van der Waals surface area contributed by atoms with E-state index < -0.39 is 6.04 Å². The Balaban J connectivity index is 0.00000180. The number of rotatable bonds is 3. The number of benzene rings is 1. The van der Waals surface area contributed by atoms with Crippen LogP contribution in [-0.2, 0) is 9.59 Å². The van der Waals surface area contributed by atoms with Crippen LogP contribution in [0.3, 0.4) is 0 Å². The first kappa shape index (κ1) is 15.5. The van der Waals surface area contributed by atoms with E-state index in [-0.39, 0.29) is 24.2 Å². The summed E-state index contributed by atoms with van der Waals surface area (Å²) < 4.78 is 0. The van der Waals surface area contributed by atoms with Crippen LogP contribution in [0.4, 0.5) is 11.4 Å². The SMILES string of the molecule is C[C@@H](N)C(=O)Nc1ccc(N2CCCC2=O)cc1.Cl. The number of nitrogens with two attached hydrogens (primary N) is 1. The molecule has 3 N–H and O–H groups in total. The highest BCUT2D eigenvalue weighted by Crippen LogP contribution is 2.22. The van der Waals surface area contributed by atoms with E-state index in [1.54, 1.807) is 24.0 Å². The zero-order chi connectivity index (χ0) is 13.1. The van der Waals surface area contributed by atoms with Gasteiger partial charge in [0.2, 0.25) is 11.8 Å². The van der Waals surface area contributed by atoms with Crippen LogP contribution < -0.4 is 16.0 Å². The molecule has 2 amide bonds. The van der Waals surface area contributed by atoms with Gasteiger partial charge in [-0.05, 0) is 37.6 Å². The average Bonchev–Trinajstić information content (AvgIpc) is 2.76. The van der Waals surface area contributed by atoms with Crippen LogP contribution in [0, 0.1) is 0 Å². The Bertz CT molecular complexity index is 459. The lowest BCUT2D eigenvalue weighted by atomic mass is 10.2. The Morgan fingerprint density at radius 2 is 2.00 bits per heavy atom. The third-order valence-electron chi connectivity index (χ3n) is 2.93. The lowest BCUT2D eigenvalue weighted by Crippen LogP contribution is -2.32. The van der Waals surface area contributed by atoms with Gasteiger partial charge in [-0.25, -0.2) is 0 Å². The Kier molecular flexibility index (Phi) is 5.32. The van der Waals surface area contributed by atoms with E-state index in [1.807, 2.05) is 12.1 Å². The molecule has 0 unspecified atom stereocenters. The molecule has 19 heavy (non-hydrogen) atoms. The van der Waals surface area contributed by atoms with E-state index in [1.165, 1.54) is 0 Å². The summed E-state index contributed by atoms with van der Waals surface area (Å²) in [7, 11) is 0. The summed E-state index contributed by atoms with van der Waals surface area (Å²) in [5.41, 5.74) is 7.03. The van der Waals surface area contributed by atoms with Gasteiger partial charge in [0.15, 0.2) is 0 Å². The number of hydrogen-bond acceptors (Lipinski definition) is 3. The number of nitrogens with zero attached hydrogens (tertiary/aromatic N) is 1. The average molecular weight is 284 g/mol. The van der Waals surface area contributed by atoms with E-state index in [0.717, 1.165) is 18.7 Å². The molecule has 0 spiro atoms. The van der Waals surface area contributed by atoms with Gasteiger partial charge in [0.1, 0.15) is 0 Å². The molecule has 1 aromatic carbocycles. The van der Waals surface area contributed by atoms with E-state index >= 15 is 0 Å². The van der Waals surface area contributed by atoms with Crippen LogP contribution in [0.1, 0.15) is 19.8 Å². The number of anilines is 2. The summed E-state index contributed by atoms with van der Waals surface area (Å²) >= 11 is 0. The second-order valence-corrected chi connectivity index (χ2v) is 4.47. The Morgan fingerprint density at radius 3 is 2.47 bits per heavy atom. The van der Waals surface area contributed by atoms with Crippen molar-refractivity contribution in [3.63, 3.8) is 0 Å². The quantitative estimate of drug-likeness (QED) is 0.883. The standard InChI is InChI=1S/C13H17N3O2.ClH/c1-9(14)13(18)15-10-4-6-11(7-5-10)16-8-2-3-12(16)17;/h4-7,9H,2-3,8,14H2,1H3,(H,15,18);1H/t9-;/m1./s1. The van der Waals surface area contributed by atoms with Gasteiger partial charge >= 0.3 is 0 Å². The van der Waals surface area contributed by atoms with Crippen molar-refractivity contribution in [1.29, 1.82) is 0 Å². The molecular formula is C13H18ClN3O2. The molecular weight excluding hydrogens is 266 g/mol. The third-order valence-corrected chi connectivity index (χ3v) is 2.93. The predicted octanol–water partition coefficient (Wildman–Crippen LogP) is 1.52. The third kappa shape index (κ3) is 3.68. The minimum absolute atomic E-state index is 0. The lowest BCUT2D eigenvalue weighted by molar-refractivity contribution is -0.117. The van der Waals surface area contributed by atoms with Gasteiger partial charge in [-0.3, -0.25) is 9.59 Å². The molecule has 104 valence electrons. The maximum atomic E-state index is 11.6. The summed E-state index contributed by atoms with van der Waals surface area (Å²) in [4.78, 5) is 24.7. The molecule has 1 atom stereocenters. The Hall–Kier alpha value is -1.59. The number of carbonyl (C=O) groups is 2. The second kappa shape index (κ2) is 6.54. The molecule has 5 nitrogen and oxygen atoms in total. The van der Waals surface area contributed by atoms with Crippen molar-refractivity contribution in [2.75, 3.05) is 16.8 Å². The van der Waals surface area contributed by atoms with Crippen LogP contribution in [0.5, 0.6) is 0 Å². The first-order valence-corrected chi connectivity index (χ1v) is 6.05. The maximum Gasteiger partial charge on any atom is 0.240 e. The number of nitrogens with one attached hydrogen (secondary N) is 1. The predicted molar refractivity (Wildman–Crippen MR) is 77.6 cm³/mol. The summed E-state index contributed by atoms with van der Waals surface area (Å²) in [5.74, 6) is -0.0673. The van der Waals surface area contributed by atoms with E-state index in [9.17, 15) is 9.59 Å². The Labute approximate surface area is 118 Å². The van der Waals surface area contributed by atoms with Crippen molar-refractivity contribution in [2.24, 2.45) is 5.73 Å². The number of amides is 2. The number of carbonyl (C=O) groups excluding carboxylic acids is 2. The summed E-state index contributed by atoms with van der Waals surface area (Å²) in [6, 6.07) is 6.69. The fourth-order valence-corrected chi connectivity index (χ4v) is 1.90.